The first-order valence-corrected chi connectivity index (χ1v) is 5.94. The minimum absolute atomic E-state index is 0.0253. The third kappa shape index (κ3) is 2.73. The molecule has 1 N–H and O–H groups in total. The number of rotatable bonds is 2. The van der Waals surface area contributed by atoms with Gasteiger partial charge in [-0.15, -0.1) is 10.2 Å². The molecule has 0 aliphatic heterocycles. The van der Waals surface area contributed by atoms with Crippen LogP contribution in [0, 0.1) is 11.3 Å². The van der Waals surface area contributed by atoms with E-state index in [4.69, 9.17) is 5.26 Å². The van der Waals surface area contributed by atoms with Crippen molar-refractivity contribution in [2.75, 3.05) is 0 Å². The predicted molar refractivity (Wildman–Crippen MR) is 66.8 cm³/mol. The Morgan fingerprint density at radius 3 is 2.48 bits per heavy atom. The van der Waals surface area contributed by atoms with E-state index in [0.29, 0.717) is 0 Å². The van der Waals surface area contributed by atoms with Crippen LogP contribution >= 0.6 is 0 Å². The number of aromatic nitrogens is 3. The molecule has 5 nitrogen and oxygen atoms in total. The van der Waals surface area contributed by atoms with Gasteiger partial charge in [-0.3, -0.25) is 0 Å². The molecular weight excluding hydrogens is 285 g/mol. The molecule has 1 aromatic heterocycles. The summed E-state index contributed by atoms with van der Waals surface area (Å²) in [7, 11) is 1.47. The van der Waals surface area contributed by atoms with Crippen LogP contribution in [0.4, 0.5) is 13.2 Å². The highest BCUT2D eigenvalue weighted by Gasteiger charge is 2.35. The van der Waals surface area contributed by atoms with Gasteiger partial charge in [-0.2, -0.15) is 18.4 Å². The van der Waals surface area contributed by atoms with E-state index in [1.807, 2.05) is 0 Å². The standard InChI is InChI=1S/C13H11F3N4O/c1-7(21)11-18-19-12(20(11)2)9-4-3-8(6-17)5-10(9)13(14,15)16/h3-5,7,21H,1-2H3/t7-/m1/s1. The van der Waals surface area contributed by atoms with Crippen LogP contribution in [0.15, 0.2) is 18.2 Å². The van der Waals surface area contributed by atoms with Gasteiger partial charge in [-0.25, -0.2) is 0 Å². The van der Waals surface area contributed by atoms with Crippen molar-refractivity contribution in [1.29, 1.82) is 5.26 Å². The third-order valence-corrected chi connectivity index (χ3v) is 2.98. The molecule has 0 spiro atoms. The highest BCUT2D eigenvalue weighted by atomic mass is 19.4. The summed E-state index contributed by atoms with van der Waals surface area (Å²) in [6, 6.07) is 4.90. The summed E-state index contributed by atoms with van der Waals surface area (Å²) in [4.78, 5) is 0. The molecule has 1 atom stereocenters. The quantitative estimate of drug-likeness (QED) is 0.923. The van der Waals surface area contributed by atoms with Crippen LogP contribution in [0.5, 0.6) is 0 Å². The Labute approximate surface area is 118 Å². The average molecular weight is 296 g/mol. The zero-order valence-corrected chi connectivity index (χ0v) is 11.2. The number of nitrogens with zero attached hydrogens (tertiary/aromatic N) is 4. The Balaban J connectivity index is 2.67. The van der Waals surface area contributed by atoms with Crippen LogP contribution < -0.4 is 0 Å². The summed E-state index contributed by atoms with van der Waals surface area (Å²) >= 11 is 0. The third-order valence-electron chi connectivity index (χ3n) is 2.98. The molecule has 110 valence electrons. The van der Waals surface area contributed by atoms with E-state index in [0.717, 1.165) is 6.07 Å². The van der Waals surface area contributed by atoms with Gasteiger partial charge in [-0.1, -0.05) is 0 Å². The summed E-state index contributed by atoms with van der Waals surface area (Å²) in [5.41, 5.74) is -1.25. The summed E-state index contributed by atoms with van der Waals surface area (Å²) in [5.74, 6) is 0.130. The maximum absolute atomic E-state index is 13.1. The number of alkyl halides is 3. The molecule has 0 aliphatic rings. The van der Waals surface area contributed by atoms with Gasteiger partial charge in [0.1, 0.15) is 6.10 Å². The number of halogens is 3. The van der Waals surface area contributed by atoms with Gasteiger partial charge < -0.3 is 9.67 Å². The second kappa shape index (κ2) is 5.18. The maximum Gasteiger partial charge on any atom is 0.417 e. The number of aliphatic hydroxyl groups excluding tert-OH is 1. The van der Waals surface area contributed by atoms with E-state index in [2.05, 4.69) is 10.2 Å². The van der Waals surface area contributed by atoms with Crippen molar-refractivity contribution in [1.82, 2.24) is 14.8 Å². The topological polar surface area (TPSA) is 74.7 Å². The van der Waals surface area contributed by atoms with Gasteiger partial charge in [0.05, 0.1) is 17.2 Å². The van der Waals surface area contributed by atoms with Gasteiger partial charge in [-0.05, 0) is 25.1 Å². The molecule has 0 radical (unpaired) electrons. The summed E-state index contributed by atoms with van der Waals surface area (Å²) in [6.45, 7) is 1.44. The average Bonchev–Trinajstić information content (AvgIpc) is 2.79. The molecule has 0 amide bonds. The van der Waals surface area contributed by atoms with Gasteiger partial charge in [0.25, 0.3) is 0 Å². The van der Waals surface area contributed by atoms with Crippen LogP contribution in [0.1, 0.15) is 30.0 Å². The molecule has 0 saturated heterocycles. The number of hydrogen-bond donors (Lipinski definition) is 1. The smallest absolute Gasteiger partial charge is 0.385 e. The van der Waals surface area contributed by atoms with Crippen molar-refractivity contribution >= 4 is 0 Å². The van der Waals surface area contributed by atoms with Gasteiger partial charge >= 0.3 is 6.18 Å². The van der Waals surface area contributed by atoms with Crippen LogP contribution in [-0.2, 0) is 13.2 Å². The minimum atomic E-state index is -4.63. The Morgan fingerprint density at radius 2 is 2.00 bits per heavy atom. The molecule has 0 unspecified atom stereocenters. The second-order valence-electron chi connectivity index (χ2n) is 4.49. The van der Waals surface area contributed by atoms with Crippen molar-refractivity contribution in [2.24, 2.45) is 7.05 Å². The Kier molecular flexibility index (Phi) is 3.70. The molecule has 0 saturated carbocycles. The number of hydrogen-bond acceptors (Lipinski definition) is 4. The molecule has 2 aromatic rings. The van der Waals surface area contributed by atoms with Crippen LogP contribution in [0.25, 0.3) is 11.4 Å². The molecule has 0 bridgehead atoms. The van der Waals surface area contributed by atoms with Crippen molar-refractivity contribution in [3.8, 4) is 17.5 Å². The van der Waals surface area contributed by atoms with E-state index in [9.17, 15) is 18.3 Å². The van der Waals surface area contributed by atoms with Crippen LogP contribution in [-0.4, -0.2) is 19.9 Å². The van der Waals surface area contributed by atoms with Crippen molar-refractivity contribution < 1.29 is 18.3 Å². The van der Waals surface area contributed by atoms with E-state index in [1.165, 1.54) is 30.7 Å². The fourth-order valence-corrected chi connectivity index (χ4v) is 1.98. The Bertz CT molecular complexity index is 713. The first-order chi connectivity index (χ1) is 9.75. The van der Waals surface area contributed by atoms with Crippen molar-refractivity contribution in [3.63, 3.8) is 0 Å². The van der Waals surface area contributed by atoms with Crippen LogP contribution in [0.3, 0.4) is 0 Å². The largest absolute Gasteiger partial charge is 0.417 e. The summed E-state index contributed by atoms with van der Waals surface area (Å²) in [6.07, 6.45) is -5.58. The molecule has 2 rings (SSSR count). The SMILES string of the molecule is C[C@@H](O)c1nnc(-c2ccc(C#N)cc2C(F)(F)F)n1C. The molecule has 1 aromatic carbocycles. The number of benzene rings is 1. The number of aliphatic hydroxyl groups is 1. The van der Waals surface area contributed by atoms with Crippen LogP contribution in [0.2, 0.25) is 0 Å². The van der Waals surface area contributed by atoms with Crippen molar-refractivity contribution in [3.05, 3.63) is 35.2 Å². The van der Waals surface area contributed by atoms with E-state index in [1.54, 1.807) is 6.07 Å². The first-order valence-electron chi connectivity index (χ1n) is 5.94. The highest BCUT2D eigenvalue weighted by molar-refractivity contribution is 5.63. The lowest BCUT2D eigenvalue weighted by molar-refractivity contribution is -0.137. The molecule has 1 heterocycles. The fourth-order valence-electron chi connectivity index (χ4n) is 1.98. The molecule has 0 fully saturated rings. The summed E-state index contributed by atoms with van der Waals surface area (Å²) in [5, 5.41) is 25.6. The summed E-state index contributed by atoms with van der Waals surface area (Å²) < 4.78 is 40.7. The lowest BCUT2D eigenvalue weighted by atomic mass is 10.0. The molecular formula is C13H11F3N4O. The maximum atomic E-state index is 13.1. The highest BCUT2D eigenvalue weighted by Crippen LogP contribution is 2.37. The molecule has 0 aliphatic carbocycles. The Morgan fingerprint density at radius 1 is 1.33 bits per heavy atom. The zero-order valence-electron chi connectivity index (χ0n) is 11.2. The second-order valence-corrected chi connectivity index (χ2v) is 4.49. The Hall–Kier alpha value is -2.40. The predicted octanol–water partition coefficient (Wildman–Crippen LogP) is 2.43. The zero-order chi connectivity index (χ0) is 15.8. The molecule has 21 heavy (non-hydrogen) atoms. The van der Waals surface area contributed by atoms with E-state index < -0.39 is 17.8 Å². The van der Waals surface area contributed by atoms with E-state index in [-0.39, 0.29) is 22.8 Å². The lowest BCUT2D eigenvalue weighted by Crippen LogP contribution is -2.10. The minimum Gasteiger partial charge on any atom is -0.385 e. The monoisotopic (exact) mass is 296 g/mol. The van der Waals surface area contributed by atoms with E-state index >= 15 is 0 Å². The normalized spacial score (nSPS) is 13.0. The lowest BCUT2D eigenvalue weighted by Gasteiger charge is -2.13. The van der Waals surface area contributed by atoms with Gasteiger partial charge in [0, 0.05) is 12.6 Å². The van der Waals surface area contributed by atoms with Gasteiger partial charge in [0.15, 0.2) is 11.6 Å². The van der Waals surface area contributed by atoms with Crippen molar-refractivity contribution in [2.45, 2.75) is 19.2 Å². The molecule has 8 heteroatoms. The fraction of sp³-hybridized carbons (Fsp3) is 0.308. The first kappa shape index (κ1) is 15.0. The number of nitriles is 1. The van der Waals surface area contributed by atoms with Gasteiger partial charge in [0.2, 0.25) is 0 Å².